The lowest BCUT2D eigenvalue weighted by Gasteiger charge is -2.18. The summed E-state index contributed by atoms with van der Waals surface area (Å²) in [6.45, 7) is 1.93. The zero-order valence-corrected chi connectivity index (χ0v) is 11.6. The summed E-state index contributed by atoms with van der Waals surface area (Å²) in [5.41, 5.74) is -0.799. The number of carboxylic acids is 1. The molecule has 1 aromatic rings. The summed E-state index contributed by atoms with van der Waals surface area (Å²) in [6.07, 6.45) is 0. The molecule has 0 aliphatic heterocycles. The summed E-state index contributed by atoms with van der Waals surface area (Å²) < 4.78 is 13.6. The smallest absolute Gasteiger partial charge is 0.337 e. The summed E-state index contributed by atoms with van der Waals surface area (Å²) in [5, 5.41) is 13.6. The van der Waals surface area contributed by atoms with Crippen LogP contribution in [0.4, 0.5) is 14.9 Å². The van der Waals surface area contributed by atoms with Crippen molar-refractivity contribution in [2.24, 2.45) is 0 Å². The van der Waals surface area contributed by atoms with Crippen LogP contribution in [0.1, 0.15) is 17.3 Å². The Morgan fingerprint density at radius 3 is 2.57 bits per heavy atom. The number of carbonyl (C=O) groups is 3. The van der Waals surface area contributed by atoms with Gasteiger partial charge in [-0.25, -0.2) is 14.0 Å². The molecule has 7 nitrogen and oxygen atoms in total. The second kappa shape index (κ2) is 7.22. The van der Waals surface area contributed by atoms with Crippen molar-refractivity contribution in [3.8, 4) is 0 Å². The molecule has 3 amide bonds. The number of urea groups is 1. The van der Waals surface area contributed by atoms with Crippen molar-refractivity contribution >= 4 is 23.6 Å². The number of hydrogen-bond acceptors (Lipinski definition) is 3. The van der Waals surface area contributed by atoms with Gasteiger partial charge in [-0.3, -0.25) is 4.79 Å². The van der Waals surface area contributed by atoms with Crippen molar-refractivity contribution in [1.82, 2.24) is 10.2 Å². The summed E-state index contributed by atoms with van der Waals surface area (Å²) in [4.78, 5) is 35.2. The van der Waals surface area contributed by atoms with E-state index in [0.29, 0.717) is 6.54 Å². The number of nitrogens with one attached hydrogen (secondary N) is 2. The summed E-state index contributed by atoms with van der Waals surface area (Å²) >= 11 is 0. The van der Waals surface area contributed by atoms with Crippen LogP contribution in [0.2, 0.25) is 0 Å². The van der Waals surface area contributed by atoms with E-state index < -0.39 is 23.5 Å². The van der Waals surface area contributed by atoms with Gasteiger partial charge in [0.1, 0.15) is 12.4 Å². The molecule has 8 heteroatoms. The predicted octanol–water partition coefficient (Wildman–Crippen LogP) is 1.12. The molecule has 0 saturated carbocycles. The SMILES string of the molecule is CCNC(=O)CN(C)C(=O)Nc1c(F)cccc1C(=O)O. The van der Waals surface area contributed by atoms with E-state index in [1.807, 2.05) is 0 Å². The van der Waals surface area contributed by atoms with Gasteiger partial charge in [-0.05, 0) is 19.1 Å². The number of amides is 3. The van der Waals surface area contributed by atoms with Gasteiger partial charge in [-0.2, -0.15) is 0 Å². The molecule has 0 fully saturated rings. The third-order valence-electron chi connectivity index (χ3n) is 2.58. The lowest BCUT2D eigenvalue weighted by molar-refractivity contribution is -0.121. The van der Waals surface area contributed by atoms with Gasteiger partial charge >= 0.3 is 12.0 Å². The van der Waals surface area contributed by atoms with Crippen molar-refractivity contribution < 1.29 is 23.9 Å². The normalized spacial score (nSPS) is 9.86. The lowest BCUT2D eigenvalue weighted by Crippen LogP contribution is -2.40. The molecule has 114 valence electrons. The standard InChI is InChI=1S/C13H16FN3O4/c1-3-15-10(18)7-17(2)13(21)16-11-8(12(19)20)5-4-6-9(11)14/h4-6H,3,7H2,1-2H3,(H,15,18)(H,16,21)(H,19,20). The topological polar surface area (TPSA) is 98.7 Å². The van der Waals surface area contributed by atoms with Gasteiger partial charge in [0.05, 0.1) is 11.3 Å². The first-order valence-corrected chi connectivity index (χ1v) is 6.17. The largest absolute Gasteiger partial charge is 0.478 e. The number of rotatable bonds is 5. The predicted molar refractivity (Wildman–Crippen MR) is 73.7 cm³/mol. The Hall–Kier alpha value is -2.64. The number of para-hydroxylation sites is 1. The Kier molecular flexibility index (Phi) is 5.65. The second-order valence-electron chi connectivity index (χ2n) is 4.21. The quantitative estimate of drug-likeness (QED) is 0.758. The van der Waals surface area contributed by atoms with Crippen LogP contribution in [0.3, 0.4) is 0 Å². The first-order valence-electron chi connectivity index (χ1n) is 6.17. The number of carboxylic acid groups (broad SMARTS) is 1. The van der Waals surface area contributed by atoms with E-state index >= 15 is 0 Å². The fourth-order valence-corrected chi connectivity index (χ4v) is 1.57. The van der Waals surface area contributed by atoms with E-state index in [4.69, 9.17) is 5.11 Å². The van der Waals surface area contributed by atoms with Crippen LogP contribution < -0.4 is 10.6 Å². The van der Waals surface area contributed by atoms with Gasteiger partial charge in [0.2, 0.25) is 5.91 Å². The van der Waals surface area contributed by atoms with Gasteiger partial charge < -0.3 is 20.6 Å². The van der Waals surface area contributed by atoms with Crippen molar-refractivity contribution in [1.29, 1.82) is 0 Å². The molecule has 1 rings (SSSR count). The minimum Gasteiger partial charge on any atom is -0.478 e. The monoisotopic (exact) mass is 297 g/mol. The van der Waals surface area contributed by atoms with Crippen molar-refractivity contribution in [2.45, 2.75) is 6.92 Å². The Morgan fingerprint density at radius 1 is 1.33 bits per heavy atom. The first kappa shape index (κ1) is 16.4. The van der Waals surface area contributed by atoms with Crippen LogP contribution in [0.25, 0.3) is 0 Å². The average molecular weight is 297 g/mol. The molecule has 0 radical (unpaired) electrons. The van der Waals surface area contributed by atoms with Gasteiger partial charge in [-0.1, -0.05) is 6.07 Å². The number of hydrogen-bond donors (Lipinski definition) is 3. The molecule has 0 unspecified atom stereocenters. The molecule has 0 bridgehead atoms. The van der Waals surface area contributed by atoms with E-state index in [0.717, 1.165) is 11.0 Å². The Morgan fingerprint density at radius 2 is 2.00 bits per heavy atom. The van der Waals surface area contributed by atoms with Gasteiger partial charge in [0, 0.05) is 13.6 Å². The van der Waals surface area contributed by atoms with Gasteiger partial charge in [-0.15, -0.1) is 0 Å². The fourth-order valence-electron chi connectivity index (χ4n) is 1.57. The van der Waals surface area contributed by atoms with Gasteiger partial charge in [0.25, 0.3) is 0 Å². The summed E-state index contributed by atoms with van der Waals surface area (Å²) in [5.74, 6) is -2.60. The van der Waals surface area contributed by atoms with Crippen molar-refractivity contribution in [2.75, 3.05) is 25.5 Å². The number of nitrogens with zero attached hydrogens (tertiary/aromatic N) is 1. The minimum absolute atomic E-state index is 0.226. The Balaban J connectivity index is 2.84. The molecular weight excluding hydrogens is 281 g/mol. The maximum Gasteiger partial charge on any atom is 0.337 e. The molecule has 0 aromatic heterocycles. The molecule has 3 N–H and O–H groups in total. The Labute approximate surface area is 120 Å². The Bertz CT molecular complexity index is 562. The molecule has 1 aromatic carbocycles. The van der Waals surface area contributed by atoms with Crippen LogP contribution in [0.5, 0.6) is 0 Å². The van der Waals surface area contributed by atoms with Crippen LogP contribution in [0, 0.1) is 5.82 Å². The number of likely N-dealkylation sites (N-methyl/N-ethyl adjacent to an activating group) is 2. The van der Waals surface area contributed by atoms with E-state index in [1.165, 1.54) is 19.2 Å². The van der Waals surface area contributed by atoms with Crippen LogP contribution in [-0.4, -0.2) is 48.1 Å². The highest BCUT2D eigenvalue weighted by molar-refractivity contribution is 6.00. The molecular formula is C13H16FN3O4. The van der Waals surface area contributed by atoms with Crippen molar-refractivity contribution in [3.63, 3.8) is 0 Å². The third kappa shape index (κ3) is 4.44. The zero-order valence-electron chi connectivity index (χ0n) is 11.6. The van der Waals surface area contributed by atoms with Crippen LogP contribution in [0.15, 0.2) is 18.2 Å². The zero-order chi connectivity index (χ0) is 16.0. The highest BCUT2D eigenvalue weighted by Crippen LogP contribution is 2.20. The molecule has 0 heterocycles. The van der Waals surface area contributed by atoms with E-state index in [1.54, 1.807) is 6.92 Å². The maximum absolute atomic E-state index is 13.6. The maximum atomic E-state index is 13.6. The van der Waals surface area contributed by atoms with E-state index in [2.05, 4.69) is 10.6 Å². The molecule has 21 heavy (non-hydrogen) atoms. The molecule has 0 aliphatic rings. The molecule has 0 atom stereocenters. The van der Waals surface area contributed by atoms with E-state index in [-0.39, 0.29) is 18.0 Å². The van der Waals surface area contributed by atoms with Gasteiger partial charge in [0.15, 0.2) is 0 Å². The lowest BCUT2D eigenvalue weighted by atomic mass is 10.1. The minimum atomic E-state index is -1.36. The summed E-state index contributed by atoms with van der Waals surface area (Å²) in [7, 11) is 1.34. The molecule has 0 saturated heterocycles. The number of anilines is 1. The number of benzene rings is 1. The highest BCUT2D eigenvalue weighted by Gasteiger charge is 2.19. The molecule has 0 spiro atoms. The average Bonchev–Trinajstić information content (AvgIpc) is 2.40. The number of halogens is 1. The highest BCUT2D eigenvalue weighted by atomic mass is 19.1. The van der Waals surface area contributed by atoms with E-state index in [9.17, 15) is 18.8 Å². The summed E-state index contributed by atoms with van der Waals surface area (Å²) in [6, 6.07) is 2.65. The fraction of sp³-hybridized carbons (Fsp3) is 0.308. The third-order valence-corrected chi connectivity index (χ3v) is 2.58. The molecule has 0 aliphatic carbocycles. The van der Waals surface area contributed by atoms with Crippen molar-refractivity contribution in [3.05, 3.63) is 29.6 Å². The number of aromatic carboxylic acids is 1. The van der Waals surface area contributed by atoms with Crippen LogP contribution >= 0.6 is 0 Å². The number of carbonyl (C=O) groups excluding carboxylic acids is 2. The first-order chi connectivity index (χ1) is 9.86. The van der Waals surface area contributed by atoms with Crippen LogP contribution in [-0.2, 0) is 4.79 Å². The second-order valence-corrected chi connectivity index (χ2v) is 4.21.